The maximum Gasteiger partial charge on any atom is 0.265 e. The number of sulfonamides is 1. The third kappa shape index (κ3) is 5.60. The van der Waals surface area contributed by atoms with Crippen LogP contribution < -0.4 is 9.62 Å². The van der Waals surface area contributed by atoms with Crippen LogP contribution in [0, 0.1) is 0 Å². The Balaban J connectivity index is 1.51. The fourth-order valence-electron chi connectivity index (χ4n) is 4.58. The first-order chi connectivity index (χ1) is 17.4. The van der Waals surface area contributed by atoms with E-state index in [1.165, 1.54) is 9.21 Å². The predicted octanol–water partition coefficient (Wildman–Crippen LogP) is 5.11. The monoisotopic (exact) mass is 541 g/mol. The Kier molecular flexibility index (Phi) is 7.53. The van der Waals surface area contributed by atoms with Gasteiger partial charge in [-0.25, -0.2) is 8.42 Å². The van der Waals surface area contributed by atoms with Crippen LogP contribution in [0.25, 0.3) is 10.8 Å². The molecule has 2 amide bonds. The minimum Gasteiger partial charge on any atom is -0.350 e. The van der Waals surface area contributed by atoms with Gasteiger partial charge in [-0.1, -0.05) is 54.1 Å². The maximum atomic E-state index is 13.4. The van der Waals surface area contributed by atoms with Crippen molar-refractivity contribution in [3.63, 3.8) is 0 Å². The zero-order valence-electron chi connectivity index (χ0n) is 21.5. The summed E-state index contributed by atoms with van der Waals surface area (Å²) < 4.78 is 27.9. The number of anilines is 1. The average Bonchev–Trinajstić information content (AvgIpc) is 3.05. The molecule has 9 heteroatoms. The number of nitrogens with zero attached hydrogens (tertiary/aromatic N) is 2. The Morgan fingerprint density at radius 3 is 2.38 bits per heavy atom. The van der Waals surface area contributed by atoms with Crippen molar-refractivity contribution in [2.75, 3.05) is 10.8 Å². The molecule has 3 aromatic rings. The van der Waals surface area contributed by atoms with Gasteiger partial charge in [0, 0.05) is 35.5 Å². The molecule has 0 saturated heterocycles. The summed E-state index contributed by atoms with van der Waals surface area (Å²) in [6, 6.07) is 17.2. The Hall–Kier alpha value is -3.10. The lowest BCUT2D eigenvalue weighted by Crippen LogP contribution is -2.52. The SMILES string of the molecule is C[C@H](C(=O)NC(C)(C)C)N(Cc1ccccc1Cl)C(=O)CCCN1c2cccc3cccc(c23)S1(=O)=O. The summed E-state index contributed by atoms with van der Waals surface area (Å²) in [7, 11) is -3.69. The van der Waals surface area contributed by atoms with Crippen molar-refractivity contribution in [2.45, 2.75) is 63.6 Å². The minimum absolute atomic E-state index is 0.0793. The molecule has 0 aliphatic carbocycles. The van der Waals surface area contributed by atoms with E-state index in [2.05, 4.69) is 5.32 Å². The first kappa shape index (κ1) is 26.9. The second kappa shape index (κ2) is 10.3. The molecule has 1 aliphatic rings. The summed E-state index contributed by atoms with van der Waals surface area (Å²) in [6.07, 6.45) is 0.380. The standard InChI is InChI=1S/C28H32ClN3O4S/c1-19(27(34)30-28(2,3)4)31(18-21-10-5-6-13-22(21)29)25(33)16-9-17-32-23-14-7-11-20-12-8-15-24(26(20)23)37(32,35)36/h5-8,10-15,19H,9,16-18H2,1-4H3,(H,30,34)/t19-/m1/s1. The number of halogens is 1. The number of carbonyl (C=O) groups is 2. The van der Waals surface area contributed by atoms with E-state index in [1.807, 2.05) is 57.2 Å². The summed E-state index contributed by atoms with van der Waals surface area (Å²) in [5, 5.41) is 5.02. The first-order valence-electron chi connectivity index (χ1n) is 12.3. The van der Waals surface area contributed by atoms with Gasteiger partial charge in [-0.05, 0) is 63.3 Å². The summed E-state index contributed by atoms with van der Waals surface area (Å²) in [6.45, 7) is 7.67. The molecule has 0 fully saturated rings. The van der Waals surface area contributed by atoms with Crippen LogP contribution in [-0.4, -0.2) is 43.3 Å². The molecule has 0 radical (unpaired) electrons. The maximum absolute atomic E-state index is 13.4. The molecule has 0 saturated carbocycles. The van der Waals surface area contributed by atoms with E-state index in [9.17, 15) is 18.0 Å². The molecule has 1 atom stereocenters. The van der Waals surface area contributed by atoms with Gasteiger partial charge in [0.1, 0.15) is 6.04 Å². The highest BCUT2D eigenvalue weighted by molar-refractivity contribution is 7.93. The van der Waals surface area contributed by atoms with Gasteiger partial charge in [0.25, 0.3) is 10.0 Å². The van der Waals surface area contributed by atoms with Crippen molar-refractivity contribution in [1.29, 1.82) is 0 Å². The van der Waals surface area contributed by atoms with Gasteiger partial charge in [0.15, 0.2) is 0 Å². The largest absolute Gasteiger partial charge is 0.350 e. The third-order valence-corrected chi connectivity index (χ3v) is 8.62. The molecule has 0 unspecified atom stereocenters. The lowest BCUT2D eigenvalue weighted by molar-refractivity contribution is -0.141. The summed E-state index contributed by atoms with van der Waals surface area (Å²) >= 11 is 6.36. The molecule has 196 valence electrons. The second-order valence-corrected chi connectivity index (χ2v) is 12.6. The van der Waals surface area contributed by atoms with Crippen molar-refractivity contribution >= 4 is 49.9 Å². The Morgan fingerprint density at radius 2 is 1.70 bits per heavy atom. The zero-order chi connectivity index (χ0) is 27.0. The van der Waals surface area contributed by atoms with Crippen molar-refractivity contribution in [3.8, 4) is 0 Å². The van der Waals surface area contributed by atoms with Gasteiger partial charge in [-0.3, -0.25) is 13.9 Å². The summed E-state index contributed by atoms with van der Waals surface area (Å²) in [4.78, 5) is 28.2. The van der Waals surface area contributed by atoms with Crippen LogP contribution in [-0.2, 0) is 26.2 Å². The minimum atomic E-state index is -3.69. The Labute approximate surface area is 223 Å². The highest BCUT2D eigenvalue weighted by Crippen LogP contribution is 2.42. The quantitative estimate of drug-likeness (QED) is 0.429. The Bertz CT molecular complexity index is 1440. The molecule has 3 aromatic carbocycles. The molecule has 1 N–H and O–H groups in total. The molecule has 0 spiro atoms. The van der Waals surface area contributed by atoms with Crippen LogP contribution in [0.4, 0.5) is 5.69 Å². The Morgan fingerprint density at radius 1 is 1.03 bits per heavy atom. The molecule has 37 heavy (non-hydrogen) atoms. The van der Waals surface area contributed by atoms with E-state index < -0.39 is 21.6 Å². The van der Waals surface area contributed by atoms with E-state index in [-0.39, 0.29) is 31.3 Å². The highest BCUT2D eigenvalue weighted by atomic mass is 35.5. The van der Waals surface area contributed by atoms with Gasteiger partial charge in [-0.15, -0.1) is 0 Å². The van der Waals surface area contributed by atoms with Crippen LogP contribution in [0.5, 0.6) is 0 Å². The second-order valence-electron chi connectivity index (χ2n) is 10.3. The van der Waals surface area contributed by atoms with Gasteiger partial charge >= 0.3 is 0 Å². The topological polar surface area (TPSA) is 86.8 Å². The van der Waals surface area contributed by atoms with E-state index in [1.54, 1.807) is 31.2 Å². The van der Waals surface area contributed by atoms with Crippen LogP contribution in [0.3, 0.4) is 0 Å². The molecule has 0 bridgehead atoms. The van der Waals surface area contributed by atoms with Crippen LogP contribution >= 0.6 is 11.6 Å². The summed E-state index contributed by atoms with van der Waals surface area (Å²) in [5.74, 6) is -0.513. The predicted molar refractivity (Wildman–Crippen MR) is 147 cm³/mol. The molecular weight excluding hydrogens is 510 g/mol. The molecular formula is C28H32ClN3O4S. The van der Waals surface area contributed by atoms with E-state index in [0.717, 1.165) is 10.9 Å². The molecule has 0 aromatic heterocycles. The van der Waals surface area contributed by atoms with Crippen molar-refractivity contribution in [1.82, 2.24) is 10.2 Å². The van der Waals surface area contributed by atoms with E-state index in [4.69, 9.17) is 11.6 Å². The van der Waals surface area contributed by atoms with Gasteiger partial charge < -0.3 is 10.2 Å². The van der Waals surface area contributed by atoms with Crippen molar-refractivity contribution in [2.24, 2.45) is 0 Å². The molecule has 1 heterocycles. The van der Waals surface area contributed by atoms with Gasteiger partial charge in [0.2, 0.25) is 11.8 Å². The molecule has 1 aliphatic heterocycles. The van der Waals surface area contributed by atoms with Crippen LogP contribution in [0.15, 0.2) is 65.6 Å². The zero-order valence-corrected chi connectivity index (χ0v) is 23.1. The van der Waals surface area contributed by atoms with Crippen molar-refractivity contribution in [3.05, 3.63) is 71.2 Å². The summed E-state index contributed by atoms with van der Waals surface area (Å²) in [5.41, 5.74) is 0.911. The number of rotatable bonds is 8. The van der Waals surface area contributed by atoms with Crippen LogP contribution in [0.1, 0.15) is 46.1 Å². The number of nitrogens with one attached hydrogen (secondary N) is 1. The first-order valence-corrected chi connectivity index (χ1v) is 14.1. The fourth-order valence-corrected chi connectivity index (χ4v) is 6.53. The van der Waals surface area contributed by atoms with Crippen molar-refractivity contribution < 1.29 is 18.0 Å². The smallest absolute Gasteiger partial charge is 0.265 e. The molecule has 7 nitrogen and oxygen atoms in total. The van der Waals surface area contributed by atoms with Gasteiger partial charge in [0.05, 0.1) is 10.6 Å². The number of amides is 2. The average molecular weight is 542 g/mol. The highest BCUT2D eigenvalue weighted by Gasteiger charge is 2.35. The fraction of sp³-hybridized carbons (Fsp3) is 0.357. The number of hydrogen-bond acceptors (Lipinski definition) is 4. The number of carbonyl (C=O) groups excluding carboxylic acids is 2. The van der Waals surface area contributed by atoms with Gasteiger partial charge in [-0.2, -0.15) is 0 Å². The normalized spacial score (nSPS) is 15.0. The lowest BCUT2D eigenvalue weighted by atomic mass is 10.1. The van der Waals surface area contributed by atoms with E-state index in [0.29, 0.717) is 27.4 Å². The lowest BCUT2D eigenvalue weighted by Gasteiger charge is -2.32. The molecule has 4 rings (SSSR count). The van der Waals surface area contributed by atoms with Crippen LogP contribution in [0.2, 0.25) is 5.02 Å². The number of benzene rings is 3. The number of hydrogen-bond donors (Lipinski definition) is 1. The van der Waals surface area contributed by atoms with E-state index >= 15 is 0 Å². The third-order valence-electron chi connectivity index (χ3n) is 6.40.